The standard InChI is InChI=1S/C14H12Cl2N4O2S/c1-2-23-14-17-7-10(16)11(18-14)13(22)20-19-12(21)8-4-3-5-9(15)6-8/h3-7H,2H2,1H3,(H,19,21)(H,20,22). The second-order valence-electron chi connectivity index (χ2n) is 4.20. The monoisotopic (exact) mass is 370 g/mol. The van der Waals surface area contributed by atoms with Gasteiger partial charge in [-0.2, -0.15) is 0 Å². The molecule has 0 fully saturated rings. The van der Waals surface area contributed by atoms with E-state index in [1.807, 2.05) is 6.92 Å². The maximum Gasteiger partial charge on any atom is 0.289 e. The zero-order chi connectivity index (χ0) is 16.8. The number of hydrogen-bond acceptors (Lipinski definition) is 5. The molecule has 0 unspecified atom stereocenters. The molecule has 23 heavy (non-hydrogen) atoms. The number of nitrogens with one attached hydrogen (secondary N) is 2. The molecule has 1 heterocycles. The van der Waals surface area contributed by atoms with Crippen molar-refractivity contribution in [3.8, 4) is 0 Å². The Morgan fingerprint density at radius 1 is 1.22 bits per heavy atom. The molecule has 2 rings (SSSR count). The minimum Gasteiger partial charge on any atom is -0.267 e. The van der Waals surface area contributed by atoms with Gasteiger partial charge in [-0.3, -0.25) is 20.4 Å². The average Bonchev–Trinajstić information content (AvgIpc) is 2.54. The maximum atomic E-state index is 12.1. The third-order valence-corrected chi connectivity index (χ3v) is 3.84. The number of hydrazine groups is 1. The van der Waals surface area contributed by atoms with Crippen LogP contribution in [0.5, 0.6) is 0 Å². The van der Waals surface area contributed by atoms with Gasteiger partial charge in [-0.1, -0.05) is 48.0 Å². The molecule has 0 aliphatic carbocycles. The minimum atomic E-state index is -0.634. The van der Waals surface area contributed by atoms with Gasteiger partial charge in [0.25, 0.3) is 11.8 Å². The van der Waals surface area contributed by atoms with Crippen molar-refractivity contribution in [1.29, 1.82) is 0 Å². The van der Waals surface area contributed by atoms with Gasteiger partial charge < -0.3 is 0 Å². The van der Waals surface area contributed by atoms with Crippen LogP contribution in [0.15, 0.2) is 35.6 Å². The molecule has 0 saturated heterocycles. The van der Waals surface area contributed by atoms with E-state index in [4.69, 9.17) is 23.2 Å². The van der Waals surface area contributed by atoms with E-state index in [0.29, 0.717) is 15.7 Å². The highest BCUT2D eigenvalue weighted by Gasteiger charge is 2.15. The molecule has 1 aromatic carbocycles. The SMILES string of the molecule is CCSc1ncc(Cl)c(C(=O)NNC(=O)c2cccc(Cl)c2)n1. The first-order valence-corrected chi connectivity index (χ1v) is 8.27. The lowest BCUT2D eigenvalue weighted by Crippen LogP contribution is -2.42. The van der Waals surface area contributed by atoms with Crippen LogP contribution in [-0.4, -0.2) is 27.5 Å². The number of rotatable bonds is 4. The first-order valence-electron chi connectivity index (χ1n) is 6.53. The van der Waals surface area contributed by atoms with Gasteiger partial charge in [-0.25, -0.2) is 9.97 Å². The van der Waals surface area contributed by atoms with Gasteiger partial charge in [-0.05, 0) is 24.0 Å². The van der Waals surface area contributed by atoms with Crippen molar-refractivity contribution in [2.24, 2.45) is 0 Å². The summed E-state index contributed by atoms with van der Waals surface area (Å²) in [5, 5.41) is 0.951. The molecule has 9 heteroatoms. The number of amides is 2. The van der Waals surface area contributed by atoms with E-state index in [2.05, 4.69) is 20.8 Å². The number of thioether (sulfide) groups is 1. The highest BCUT2D eigenvalue weighted by atomic mass is 35.5. The highest BCUT2D eigenvalue weighted by Crippen LogP contribution is 2.17. The summed E-state index contributed by atoms with van der Waals surface area (Å²) in [5.74, 6) is -0.381. The molecule has 1 aromatic heterocycles. The van der Waals surface area contributed by atoms with Crippen molar-refractivity contribution in [2.45, 2.75) is 12.1 Å². The molecule has 120 valence electrons. The van der Waals surface area contributed by atoms with Crippen LogP contribution in [0, 0.1) is 0 Å². The first kappa shape index (κ1) is 17.5. The summed E-state index contributed by atoms with van der Waals surface area (Å²) >= 11 is 13.1. The van der Waals surface area contributed by atoms with E-state index in [9.17, 15) is 9.59 Å². The van der Waals surface area contributed by atoms with E-state index < -0.39 is 11.8 Å². The highest BCUT2D eigenvalue weighted by molar-refractivity contribution is 7.99. The van der Waals surface area contributed by atoms with Crippen LogP contribution >= 0.6 is 35.0 Å². The van der Waals surface area contributed by atoms with Crippen LogP contribution in [0.2, 0.25) is 10.0 Å². The molecule has 2 aromatic rings. The van der Waals surface area contributed by atoms with Crippen LogP contribution in [0.1, 0.15) is 27.8 Å². The number of carbonyl (C=O) groups excluding carboxylic acids is 2. The number of hydrogen-bond donors (Lipinski definition) is 2. The smallest absolute Gasteiger partial charge is 0.267 e. The van der Waals surface area contributed by atoms with Crippen LogP contribution in [0.3, 0.4) is 0 Å². The second kappa shape index (κ2) is 8.14. The Bertz CT molecular complexity index is 742. The second-order valence-corrected chi connectivity index (χ2v) is 6.28. The van der Waals surface area contributed by atoms with E-state index in [1.165, 1.54) is 24.0 Å². The predicted octanol–water partition coefficient (Wildman–Crippen LogP) is 2.97. The number of aromatic nitrogens is 2. The van der Waals surface area contributed by atoms with E-state index in [-0.39, 0.29) is 10.7 Å². The molecule has 0 spiro atoms. The fourth-order valence-electron chi connectivity index (χ4n) is 1.58. The molecule has 0 radical (unpaired) electrons. The lowest BCUT2D eigenvalue weighted by atomic mass is 10.2. The van der Waals surface area contributed by atoms with Gasteiger partial charge in [0.1, 0.15) is 0 Å². The summed E-state index contributed by atoms with van der Waals surface area (Å²) < 4.78 is 0. The molecule has 2 N–H and O–H groups in total. The van der Waals surface area contributed by atoms with Gasteiger partial charge in [-0.15, -0.1) is 0 Å². The molecule has 0 aliphatic rings. The van der Waals surface area contributed by atoms with Gasteiger partial charge in [0, 0.05) is 10.6 Å². The van der Waals surface area contributed by atoms with Crippen molar-refractivity contribution in [2.75, 3.05) is 5.75 Å². The lowest BCUT2D eigenvalue weighted by Gasteiger charge is -2.08. The summed E-state index contributed by atoms with van der Waals surface area (Å²) in [6, 6.07) is 6.33. The normalized spacial score (nSPS) is 10.2. The predicted molar refractivity (Wildman–Crippen MR) is 89.8 cm³/mol. The topological polar surface area (TPSA) is 84.0 Å². The Kier molecular flexibility index (Phi) is 6.20. The molecule has 0 atom stereocenters. The lowest BCUT2D eigenvalue weighted by molar-refractivity contribution is 0.0843. The number of nitrogens with zero attached hydrogens (tertiary/aromatic N) is 2. The van der Waals surface area contributed by atoms with Gasteiger partial charge in [0.05, 0.1) is 11.2 Å². The Labute approximate surface area is 147 Å². The number of halogens is 2. The quantitative estimate of drug-likeness (QED) is 0.491. The zero-order valence-electron chi connectivity index (χ0n) is 12.0. The Morgan fingerprint density at radius 3 is 2.65 bits per heavy atom. The van der Waals surface area contributed by atoms with E-state index in [0.717, 1.165) is 5.75 Å². The maximum absolute atomic E-state index is 12.1. The largest absolute Gasteiger partial charge is 0.289 e. The average molecular weight is 371 g/mol. The fraction of sp³-hybridized carbons (Fsp3) is 0.143. The van der Waals surface area contributed by atoms with Crippen molar-refractivity contribution in [3.05, 3.63) is 51.8 Å². The Balaban J connectivity index is 2.05. The molecule has 2 amide bonds. The van der Waals surface area contributed by atoms with E-state index in [1.54, 1.807) is 18.2 Å². The number of carbonyl (C=O) groups is 2. The van der Waals surface area contributed by atoms with Crippen molar-refractivity contribution in [3.63, 3.8) is 0 Å². The summed E-state index contributed by atoms with van der Waals surface area (Å²) in [7, 11) is 0. The third-order valence-electron chi connectivity index (χ3n) is 2.59. The van der Waals surface area contributed by atoms with Gasteiger partial charge in [0.15, 0.2) is 10.9 Å². The summed E-state index contributed by atoms with van der Waals surface area (Å²) in [6.07, 6.45) is 1.35. The molecular weight excluding hydrogens is 359 g/mol. The van der Waals surface area contributed by atoms with Crippen LogP contribution in [0.25, 0.3) is 0 Å². The summed E-state index contributed by atoms with van der Waals surface area (Å²) in [6.45, 7) is 1.94. The van der Waals surface area contributed by atoms with Crippen molar-refractivity contribution < 1.29 is 9.59 Å². The van der Waals surface area contributed by atoms with Crippen molar-refractivity contribution >= 4 is 46.8 Å². The van der Waals surface area contributed by atoms with Gasteiger partial charge >= 0.3 is 0 Å². The van der Waals surface area contributed by atoms with Crippen LogP contribution in [0.4, 0.5) is 0 Å². The number of benzene rings is 1. The zero-order valence-corrected chi connectivity index (χ0v) is 14.3. The molecule has 0 aliphatic heterocycles. The van der Waals surface area contributed by atoms with Crippen LogP contribution < -0.4 is 10.9 Å². The Morgan fingerprint density at radius 2 is 1.96 bits per heavy atom. The third kappa shape index (κ3) is 4.82. The summed E-state index contributed by atoms with van der Waals surface area (Å²) in [4.78, 5) is 32.1. The van der Waals surface area contributed by atoms with Gasteiger partial charge in [0.2, 0.25) is 0 Å². The molecular formula is C14H12Cl2N4O2S. The molecule has 6 nitrogen and oxygen atoms in total. The molecule has 0 bridgehead atoms. The van der Waals surface area contributed by atoms with Crippen molar-refractivity contribution in [1.82, 2.24) is 20.8 Å². The first-order chi connectivity index (χ1) is 11.0. The Hall–Kier alpha value is -1.83. The summed E-state index contributed by atoms with van der Waals surface area (Å²) in [5.41, 5.74) is 4.84. The molecule has 0 saturated carbocycles. The minimum absolute atomic E-state index is 0.0102. The fourth-order valence-corrected chi connectivity index (χ4v) is 2.49. The van der Waals surface area contributed by atoms with Crippen LogP contribution in [-0.2, 0) is 0 Å². The van der Waals surface area contributed by atoms with E-state index >= 15 is 0 Å².